The first-order chi connectivity index (χ1) is 16.3. The fourth-order valence-electron chi connectivity index (χ4n) is 3.55. The number of rotatable bonds is 11. The molecule has 7 nitrogen and oxygen atoms in total. The molecule has 35 heavy (non-hydrogen) atoms. The molecular formula is C25H33BrClN3O4S. The standard InChI is InChI=1S/C25H33BrClN3O4S/c1-6-23(25(32)28-14-17(2)3)29(15-19-9-7-8-10-22(19)27)24(31)16-30(35(5,33)34)20-11-12-21(26)18(4)13-20/h7-13,17,23H,6,14-16H2,1-5H3,(H,28,32)/t23-/m1/s1. The van der Waals surface area contributed by atoms with Crippen molar-refractivity contribution in [1.82, 2.24) is 10.2 Å². The van der Waals surface area contributed by atoms with Gasteiger partial charge in [0.2, 0.25) is 21.8 Å². The van der Waals surface area contributed by atoms with Crippen molar-refractivity contribution in [3.05, 3.63) is 63.1 Å². The average molecular weight is 587 g/mol. The van der Waals surface area contributed by atoms with E-state index in [1.807, 2.05) is 27.7 Å². The minimum atomic E-state index is -3.79. The summed E-state index contributed by atoms with van der Waals surface area (Å²) in [6.45, 7) is 7.72. The van der Waals surface area contributed by atoms with Crippen LogP contribution in [0.4, 0.5) is 5.69 Å². The first-order valence-corrected chi connectivity index (χ1v) is 14.4. The van der Waals surface area contributed by atoms with Gasteiger partial charge in [0.1, 0.15) is 12.6 Å². The molecule has 0 bridgehead atoms. The highest BCUT2D eigenvalue weighted by Crippen LogP contribution is 2.26. The molecular weight excluding hydrogens is 554 g/mol. The van der Waals surface area contributed by atoms with Gasteiger partial charge in [-0.1, -0.05) is 66.5 Å². The van der Waals surface area contributed by atoms with Gasteiger partial charge in [0, 0.05) is 22.6 Å². The molecule has 0 saturated heterocycles. The summed E-state index contributed by atoms with van der Waals surface area (Å²) in [4.78, 5) is 28.1. The zero-order chi connectivity index (χ0) is 26.3. The number of halogens is 2. The molecule has 0 spiro atoms. The third-order valence-corrected chi connectivity index (χ3v) is 7.88. The van der Waals surface area contributed by atoms with Crippen LogP contribution < -0.4 is 9.62 Å². The highest BCUT2D eigenvalue weighted by Gasteiger charge is 2.32. The van der Waals surface area contributed by atoms with Crippen LogP contribution >= 0.6 is 27.5 Å². The summed E-state index contributed by atoms with van der Waals surface area (Å²) in [6.07, 6.45) is 1.42. The molecule has 0 aromatic heterocycles. The lowest BCUT2D eigenvalue weighted by molar-refractivity contribution is -0.140. The van der Waals surface area contributed by atoms with Crippen molar-refractivity contribution in [2.45, 2.75) is 46.7 Å². The fraction of sp³-hybridized carbons (Fsp3) is 0.440. The van der Waals surface area contributed by atoms with E-state index in [0.717, 1.165) is 20.6 Å². The maximum Gasteiger partial charge on any atom is 0.244 e. The maximum atomic E-state index is 13.7. The Morgan fingerprint density at radius 1 is 1.14 bits per heavy atom. The van der Waals surface area contributed by atoms with Crippen molar-refractivity contribution < 1.29 is 18.0 Å². The Balaban J connectivity index is 2.45. The number of benzene rings is 2. The number of hydrogen-bond donors (Lipinski definition) is 1. The number of sulfonamides is 1. The number of nitrogens with zero attached hydrogens (tertiary/aromatic N) is 2. The number of aryl methyl sites for hydroxylation is 1. The highest BCUT2D eigenvalue weighted by molar-refractivity contribution is 9.10. The quantitative estimate of drug-likeness (QED) is 0.412. The van der Waals surface area contributed by atoms with Gasteiger partial charge in [-0.25, -0.2) is 8.42 Å². The Morgan fingerprint density at radius 3 is 2.34 bits per heavy atom. The normalized spacial score (nSPS) is 12.3. The molecule has 0 aliphatic carbocycles. The van der Waals surface area contributed by atoms with Gasteiger partial charge in [0.15, 0.2) is 0 Å². The number of anilines is 1. The second-order valence-electron chi connectivity index (χ2n) is 8.88. The van der Waals surface area contributed by atoms with Gasteiger partial charge in [-0.3, -0.25) is 13.9 Å². The van der Waals surface area contributed by atoms with Crippen molar-refractivity contribution >= 4 is 55.1 Å². The lowest BCUT2D eigenvalue weighted by Crippen LogP contribution is -2.52. The lowest BCUT2D eigenvalue weighted by Gasteiger charge is -2.33. The van der Waals surface area contributed by atoms with Crippen molar-refractivity contribution in [1.29, 1.82) is 0 Å². The van der Waals surface area contributed by atoms with Gasteiger partial charge in [0.05, 0.1) is 11.9 Å². The Morgan fingerprint density at radius 2 is 1.80 bits per heavy atom. The van der Waals surface area contributed by atoms with E-state index in [1.165, 1.54) is 4.90 Å². The van der Waals surface area contributed by atoms with Crippen molar-refractivity contribution in [3.8, 4) is 0 Å². The molecule has 10 heteroatoms. The zero-order valence-electron chi connectivity index (χ0n) is 20.7. The molecule has 0 aliphatic rings. The van der Waals surface area contributed by atoms with E-state index in [4.69, 9.17) is 11.6 Å². The topological polar surface area (TPSA) is 86.8 Å². The largest absolute Gasteiger partial charge is 0.354 e. The molecule has 2 aromatic rings. The summed E-state index contributed by atoms with van der Waals surface area (Å²) in [5.41, 5.74) is 1.87. The molecule has 0 fully saturated rings. The van der Waals surface area contributed by atoms with Crippen LogP contribution in [0.3, 0.4) is 0 Å². The van der Waals surface area contributed by atoms with Gasteiger partial charge in [-0.15, -0.1) is 0 Å². The number of nitrogens with one attached hydrogen (secondary N) is 1. The summed E-state index contributed by atoms with van der Waals surface area (Å²) in [7, 11) is -3.79. The average Bonchev–Trinajstić information content (AvgIpc) is 2.78. The molecule has 0 heterocycles. The van der Waals surface area contributed by atoms with Gasteiger partial charge in [-0.2, -0.15) is 0 Å². The highest BCUT2D eigenvalue weighted by atomic mass is 79.9. The molecule has 2 aromatic carbocycles. The third kappa shape index (κ3) is 8.22. The summed E-state index contributed by atoms with van der Waals surface area (Å²) in [5.74, 6) is -0.542. The second-order valence-corrected chi connectivity index (χ2v) is 12.0. The van der Waals surface area contributed by atoms with Crippen LogP contribution in [0.2, 0.25) is 5.02 Å². The summed E-state index contributed by atoms with van der Waals surface area (Å²) in [6, 6.07) is 11.4. The maximum absolute atomic E-state index is 13.7. The van der Waals surface area contributed by atoms with Crippen LogP contribution in [0, 0.1) is 12.8 Å². The molecule has 2 amide bonds. The van der Waals surface area contributed by atoms with E-state index in [1.54, 1.807) is 42.5 Å². The number of amides is 2. The molecule has 1 N–H and O–H groups in total. The predicted molar refractivity (Wildman–Crippen MR) is 145 cm³/mol. The van der Waals surface area contributed by atoms with E-state index in [-0.39, 0.29) is 18.4 Å². The molecule has 0 saturated carbocycles. The van der Waals surface area contributed by atoms with E-state index >= 15 is 0 Å². The fourth-order valence-corrected chi connectivity index (χ4v) is 4.83. The van der Waals surface area contributed by atoms with Gasteiger partial charge < -0.3 is 10.2 Å². The number of hydrogen-bond acceptors (Lipinski definition) is 4. The van der Waals surface area contributed by atoms with E-state index in [2.05, 4.69) is 21.2 Å². The number of carbonyl (C=O) groups is 2. The van der Waals surface area contributed by atoms with Gasteiger partial charge in [-0.05, 0) is 54.7 Å². The van der Waals surface area contributed by atoms with Gasteiger partial charge in [0.25, 0.3) is 0 Å². The Hall–Kier alpha value is -2.10. The Labute approximate surface area is 222 Å². The van der Waals surface area contributed by atoms with E-state index in [0.29, 0.717) is 29.2 Å². The first kappa shape index (κ1) is 29.1. The van der Waals surface area contributed by atoms with Crippen molar-refractivity contribution in [2.24, 2.45) is 5.92 Å². The first-order valence-electron chi connectivity index (χ1n) is 11.4. The number of carbonyl (C=O) groups excluding carboxylic acids is 2. The summed E-state index contributed by atoms with van der Waals surface area (Å²) >= 11 is 9.78. The van der Waals surface area contributed by atoms with Crippen LogP contribution in [0.25, 0.3) is 0 Å². The van der Waals surface area contributed by atoms with Crippen LogP contribution in [0.5, 0.6) is 0 Å². The van der Waals surface area contributed by atoms with E-state index < -0.39 is 28.5 Å². The molecule has 0 radical (unpaired) electrons. The summed E-state index contributed by atoms with van der Waals surface area (Å²) < 4.78 is 27.3. The molecule has 2 rings (SSSR count). The molecule has 0 aliphatic heterocycles. The monoisotopic (exact) mass is 585 g/mol. The Kier molecular flexibility index (Phi) is 10.6. The van der Waals surface area contributed by atoms with Crippen molar-refractivity contribution in [3.63, 3.8) is 0 Å². The summed E-state index contributed by atoms with van der Waals surface area (Å²) in [5, 5.41) is 3.36. The van der Waals surface area contributed by atoms with Crippen LogP contribution in [0.15, 0.2) is 46.9 Å². The SMILES string of the molecule is CC[C@H](C(=O)NCC(C)C)N(Cc1ccccc1Cl)C(=O)CN(c1ccc(Br)c(C)c1)S(C)(=O)=O. The molecule has 192 valence electrons. The smallest absolute Gasteiger partial charge is 0.244 e. The zero-order valence-corrected chi connectivity index (χ0v) is 23.9. The molecule has 0 unspecified atom stereocenters. The minimum absolute atomic E-state index is 0.0725. The van der Waals surface area contributed by atoms with Gasteiger partial charge >= 0.3 is 0 Å². The minimum Gasteiger partial charge on any atom is -0.354 e. The van der Waals surface area contributed by atoms with Crippen LogP contribution in [0.1, 0.15) is 38.3 Å². The predicted octanol–water partition coefficient (Wildman–Crippen LogP) is 4.76. The van der Waals surface area contributed by atoms with Crippen LogP contribution in [-0.2, 0) is 26.2 Å². The van der Waals surface area contributed by atoms with E-state index in [9.17, 15) is 18.0 Å². The van der Waals surface area contributed by atoms with Crippen LogP contribution in [-0.4, -0.2) is 50.5 Å². The van der Waals surface area contributed by atoms with Crippen molar-refractivity contribution in [2.75, 3.05) is 23.7 Å². The molecule has 1 atom stereocenters. The third-order valence-electron chi connectivity index (χ3n) is 5.48. The second kappa shape index (κ2) is 12.7. The lowest BCUT2D eigenvalue weighted by atomic mass is 10.1. The Bertz CT molecular complexity index is 1160.